The van der Waals surface area contributed by atoms with E-state index in [1.54, 1.807) is 30.5 Å². The third kappa shape index (κ3) is 3.09. The van der Waals surface area contributed by atoms with Crippen molar-refractivity contribution in [3.63, 3.8) is 0 Å². The van der Waals surface area contributed by atoms with Crippen LogP contribution in [0, 0.1) is 0 Å². The van der Waals surface area contributed by atoms with Crippen LogP contribution in [-0.2, 0) is 19.5 Å². The van der Waals surface area contributed by atoms with Crippen LogP contribution in [0.25, 0.3) is 11.6 Å². The Morgan fingerprint density at radius 2 is 2.27 bits per heavy atom. The van der Waals surface area contributed by atoms with E-state index in [9.17, 15) is 9.90 Å². The van der Waals surface area contributed by atoms with Gasteiger partial charge >= 0.3 is 0 Å². The van der Waals surface area contributed by atoms with E-state index in [4.69, 9.17) is 9.15 Å². The summed E-state index contributed by atoms with van der Waals surface area (Å²) < 4.78 is 10.4. The molecule has 4 rings (SSSR count). The third-order valence-corrected chi connectivity index (χ3v) is 4.55. The number of aromatic hydroxyl groups is 1. The number of phenols is 1. The zero-order valence-electron chi connectivity index (χ0n) is 14.4. The number of hydrogen-bond acceptors (Lipinski definition) is 6. The Morgan fingerprint density at radius 1 is 1.38 bits per heavy atom. The summed E-state index contributed by atoms with van der Waals surface area (Å²) in [5.41, 5.74) is 2.32. The Labute approximate surface area is 149 Å². The normalized spacial score (nSPS) is 14.2. The molecule has 1 aliphatic rings. The number of phenolic OH excluding ortho intramolecular Hbond substituents is 1. The second-order valence-electron chi connectivity index (χ2n) is 6.28. The van der Waals surface area contributed by atoms with Crippen LogP contribution in [0.1, 0.15) is 16.8 Å². The van der Waals surface area contributed by atoms with Gasteiger partial charge in [-0.1, -0.05) is 6.07 Å². The number of fused-ring (bicyclic) bond motifs is 1. The highest BCUT2D eigenvalue weighted by molar-refractivity contribution is 5.47. The number of H-pyrrole nitrogens is 1. The number of hydrogen-bond donors (Lipinski definition) is 2. The molecule has 0 aliphatic carbocycles. The number of aromatic amines is 1. The van der Waals surface area contributed by atoms with Crippen LogP contribution in [0.4, 0.5) is 0 Å². The second kappa shape index (κ2) is 6.68. The van der Waals surface area contributed by atoms with Crippen molar-refractivity contribution >= 4 is 0 Å². The molecule has 7 nitrogen and oxygen atoms in total. The lowest BCUT2D eigenvalue weighted by Crippen LogP contribution is -2.35. The van der Waals surface area contributed by atoms with Crippen LogP contribution in [0.15, 0.2) is 45.8 Å². The molecule has 3 heterocycles. The summed E-state index contributed by atoms with van der Waals surface area (Å²) in [6.07, 6.45) is 2.25. The van der Waals surface area contributed by atoms with E-state index in [1.165, 1.54) is 7.11 Å². The van der Waals surface area contributed by atoms with E-state index in [1.807, 2.05) is 6.07 Å². The molecule has 0 bridgehead atoms. The lowest BCUT2D eigenvalue weighted by Gasteiger charge is -2.27. The minimum absolute atomic E-state index is 0.116. The Hall–Kier alpha value is -3.06. The first-order valence-electron chi connectivity index (χ1n) is 8.38. The predicted octanol–water partition coefficient (Wildman–Crippen LogP) is 2.30. The van der Waals surface area contributed by atoms with Crippen LogP contribution in [0.2, 0.25) is 0 Å². The van der Waals surface area contributed by atoms with Gasteiger partial charge < -0.3 is 19.2 Å². The van der Waals surface area contributed by atoms with Crippen molar-refractivity contribution in [1.82, 2.24) is 14.9 Å². The first kappa shape index (κ1) is 16.4. The fraction of sp³-hybridized carbons (Fsp3) is 0.263. The molecule has 0 saturated heterocycles. The topological polar surface area (TPSA) is 91.6 Å². The van der Waals surface area contributed by atoms with Crippen molar-refractivity contribution in [2.75, 3.05) is 13.7 Å². The molecule has 1 aromatic carbocycles. The van der Waals surface area contributed by atoms with E-state index in [0.29, 0.717) is 42.4 Å². The van der Waals surface area contributed by atoms with E-state index >= 15 is 0 Å². The number of rotatable bonds is 4. The molecule has 134 valence electrons. The van der Waals surface area contributed by atoms with Gasteiger partial charge in [0.15, 0.2) is 23.1 Å². The molecule has 7 heteroatoms. The Morgan fingerprint density at radius 3 is 3.00 bits per heavy atom. The van der Waals surface area contributed by atoms with Gasteiger partial charge in [-0.25, -0.2) is 4.98 Å². The van der Waals surface area contributed by atoms with Crippen molar-refractivity contribution < 1.29 is 14.3 Å². The fourth-order valence-electron chi connectivity index (χ4n) is 3.24. The zero-order valence-corrected chi connectivity index (χ0v) is 14.4. The van der Waals surface area contributed by atoms with Gasteiger partial charge in [0, 0.05) is 26.1 Å². The number of nitrogens with zero attached hydrogens (tertiary/aromatic N) is 2. The smallest absolute Gasteiger partial charge is 0.256 e. The van der Waals surface area contributed by atoms with Gasteiger partial charge in [0.2, 0.25) is 0 Å². The number of benzene rings is 1. The largest absolute Gasteiger partial charge is 0.504 e. The molecule has 0 spiro atoms. The van der Waals surface area contributed by atoms with Crippen LogP contribution < -0.4 is 10.3 Å². The van der Waals surface area contributed by atoms with Crippen LogP contribution in [-0.4, -0.2) is 33.6 Å². The van der Waals surface area contributed by atoms with E-state index in [0.717, 1.165) is 17.8 Å². The average molecular weight is 353 g/mol. The summed E-state index contributed by atoms with van der Waals surface area (Å²) in [6, 6.07) is 8.89. The van der Waals surface area contributed by atoms with Crippen molar-refractivity contribution in [2.45, 2.75) is 19.5 Å². The molecule has 0 fully saturated rings. The first-order valence-corrected chi connectivity index (χ1v) is 8.38. The summed E-state index contributed by atoms with van der Waals surface area (Å²) >= 11 is 0. The predicted molar refractivity (Wildman–Crippen MR) is 95.0 cm³/mol. The molecule has 3 aromatic rings. The van der Waals surface area contributed by atoms with Gasteiger partial charge in [0.05, 0.1) is 24.6 Å². The minimum atomic E-state index is -0.135. The Bertz CT molecular complexity index is 979. The van der Waals surface area contributed by atoms with E-state index in [-0.39, 0.29) is 11.3 Å². The van der Waals surface area contributed by atoms with E-state index in [2.05, 4.69) is 14.9 Å². The monoisotopic (exact) mass is 353 g/mol. The Balaban J connectivity index is 1.55. The number of nitrogens with one attached hydrogen (secondary N) is 1. The van der Waals surface area contributed by atoms with Crippen LogP contribution in [0.5, 0.6) is 11.5 Å². The quantitative estimate of drug-likeness (QED) is 0.748. The van der Waals surface area contributed by atoms with E-state index < -0.39 is 0 Å². The summed E-state index contributed by atoms with van der Waals surface area (Å²) in [6.45, 7) is 1.94. The van der Waals surface area contributed by atoms with Crippen molar-refractivity contribution in [3.05, 3.63) is 63.8 Å². The highest BCUT2D eigenvalue weighted by Gasteiger charge is 2.22. The van der Waals surface area contributed by atoms with Gasteiger partial charge in [0.25, 0.3) is 5.56 Å². The molecular weight excluding hydrogens is 334 g/mol. The minimum Gasteiger partial charge on any atom is -0.504 e. The van der Waals surface area contributed by atoms with Gasteiger partial charge in [-0.2, -0.15) is 0 Å². The van der Waals surface area contributed by atoms with Gasteiger partial charge in [-0.3, -0.25) is 9.69 Å². The maximum Gasteiger partial charge on any atom is 0.256 e. The highest BCUT2D eigenvalue weighted by Crippen LogP contribution is 2.27. The number of furan rings is 1. The lowest BCUT2D eigenvalue weighted by molar-refractivity contribution is 0.241. The molecule has 0 radical (unpaired) electrons. The molecule has 0 unspecified atom stereocenters. The van der Waals surface area contributed by atoms with Gasteiger partial charge in [0.1, 0.15) is 0 Å². The average Bonchev–Trinajstić information content (AvgIpc) is 3.17. The Kier molecular flexibility index (Phi) is 4.22. The standard InChI is InChI=1S/C19H19N3O4/c1-25-16-5-4-12(9-15(16)23)10-22-7-6-14-13(11-22)19(24)21-18(20-14)17-3-2-8-26-17/h2-5,8-9,23H,6-7,10-11H2,1H3,(H,20,21,24). The highest BCUT2D eigenvalue weighted by atomic mass is 16.5. The third-order valence-electron chi connectivity index (χ3n) is 4.55. The van der Waals surface area contributed by atoms with Crippen LogP contribution >= 0.6 is 0 Å². The molecule has 0 amide bonds. The first-order chi connectivity index (χ1) is 12.6. The SMILES string of the molecule is COc1ccc(CN2CCc3nc(-c4ccco4)[nH]c(=O)c3C2)cc1O. The van der Waals surface area contributed by atoms with Gasteiger partial charge in [-0.05, 0) is 29.8 Å². The van der Waals surface area contributed by atoms with Gasteiger partial charge in [-0.15, -0.1) is 0 Å². The molecule has 2 N–H and O–H groups in total. The van der Waals surface area contributed by atoms with Crippen molar-refractivity contribution in [1.29, 1.82) is 0 Å². The van der Waals surface area contributed by atoms with Crippen molar-refractivity contribution in [3.8, 4) is 23.1 Å². The molecule has 1 aliphatic heterocycles. The molecule has 0 saturated carbocycles. The van der Waals surface area contributed by atoms with Crippen LogP contribution in [0.3, 0.4) is 0 Å². The number of methoxy groups -OCH3 is 1. The number of ether oxygens (including phenoxy) is 1. The second-order valence-corrected chi connectivity index (χ2v) is 6.28. The zero-order chi connectivity index (χ0) is 18.1. The fourth-order valence-corrected chi connectivity index (χ4v) is 3.24. The molecule has 2 aromatic heterocycles. The molecular formula is C19H19N3O4. The maximum absolute atomic E-state index is 12.5. The summed E-state index contributed by atoms with van der Waals surface area (Å²) in [7, 11) is 1.52. The summed E-state index contributed by atoms with van der Waals surface area (Å²) in [4.78, 5) is 22.0. The number of aromatic nitrogens is 2. The molecule has 0 atom stereocenters. The maximum atomic E-state index is 12.5. The molecule has 26 heavy (non-hydrogen) atoms. The van der Waals surface area contributed by atoms with Crippen molar-refractivity contribution in [2.24, 2.45) is 0 Å². The summed E-state index contributed by atoms with van der Waals surface area (Å²) in [5, 5.41) is 9.93. The summed E-state index contributed by atoms with van der Waals surface area (Å²) in [5.74, 6) is 1.59. The lowest BCUT2D eigenvalue weighted by atomic mass is 10.1.